The normalized spacial score (nSPS) is 10.9. The molecule has 0 fully saturated rings. The smallest absolute Gasteiger partial charge is 0.191 e. The first-order valence-corrected chi connectivity index (χ1v) is 7.46. The van der Waals surface area contributed by atoms with E-state index in [-0.39, 0.29) is 24.0 Å². The maximum atomic E-state index is 4.37. The van der Waals surface area contributed by atoms with Gasteiger partial charge in [-0.1, -0.05) is 6.07 Å². The quantitative estimate of drug-likeness (QED) is 0.457. The molecule has 0 aliphatic heterocycles. The number of aryl methyl sites for hydroxylation is 2. The molecule has 0 saturated carbocycles. The average molecular weight is 416 g/mol. The first-order chi connectivity index (χ1) is 9.70. The zero-order valence-corrected chi connectivity index (χ0v) is 15.7. The highest BCUT2D eigenvalue weighted by atomic mass is 127. The number of nitrogens with one attached hydrogen (secondary N) is 2. The van der Waals surface area contributed by atoms with Crippen molar-refractivity contribution in [2.24, 2.45) is 4.99 Å². The average Bonchev–Trinajstić information content (AvgIpc) is 2.86. The summed E-state index contributed by atoms with van der Waals surface area (Å²) in [7, 11) is 1.78. The van der Waals surface area contributed by atoms with Crippen molar-refractivity contribution < 1.29 is 0 Å². The van der Waals surface area contributed by atoms with Crippen molar-refractivity contribution >= 4 is 41.3 Å². The van der Waals surface area contributed by atoms with Crippen molar-refractivity contribution in [3.05, 3.63) is 51.5 Å². The van der Waals surface area contributed by atoms with Crippen LogP contribution in [0.4, 0.5) is 0 Å². The Hall–Kier alpha value is -1.15. The fourth-order valence-corrected chi connectivity index (χ4v) is 2.69. The summed E-state index contributed by atoms with van der Waals surface area (Å²) >= 11 is 1.76. The molecule has 0 bridgehead atoms. The summed E-state index contributed by atoms with van der Waals surface area (Å²) in [4.78, 5) is 9.93. The van der Waals surface area contributed by atoms with Crippen molar-refractivity contribution in [2.45, 2.75) is 26.9 Å². The molecule has 114 valence electrons. The number of aliphatic imine (C=N–C) groups is 1. The number of rotatable bonds is 4. The Morgan fingerprint density at radius 1 is 1.19 bits per heavy atom. The van der Waals surface area contributed by atoms with Crippen LogP contribution in [0.25, 0.3) is 0 Å². The number of guanidine groups is 1. The molecule has 0 aliphatic rings. The van der Waals surface area contributed by atoms with Gasteiger partial charge in [0, 0.05) is 18.1 Å². The minimum Gasteiger partial charge on any atom is -0.352 e. The first-order valence-electron chi connectivity index (χ1n) is 6.58. The highest BCUT2D eigenvalue weighted by Gasteiger charge is 2.03. The molecular formula is C15H21IN4S. The van der Waals surface area contributed by atoms with E-state index < -0.39 is 0 Å². The molecule has 2 aromatic rings. The summed E-state index contributed by atoms with van der Waals surface area (Å²) in [6, 6.07) is 6.15. The van der Waals surface area contributed by atoms with Crippen LogP contribution in [0.1, 0.15) is 21.7 Å². The van der Waals surface area contributed by atoms with Crippen LogP contribution in [0.3, 0.4) is 0 Å². The molecule has 2 aromatic heterocycles. The SMILES string of the molecule is CN=C(NCc1ncccc1C)NCc1sccc1C.I. The molecule has 0 atom stereocenters. The van der Waals surface area contributed by atoms with E-state index in [1.807, 2.05) is 12.3 Å². The lowest BCUT2D eigenvalue weighted by Gasteiger charge is -2.12. The monoisotopic (exact) mass is 416 g/mol. The van der Waals surface area contributed by atoms with Crippen LogP contribution in [0.2, 0.25) is 0 Å². The highest BCUT2D eigenvalue weighted by Crippen LogP contribution is 2.14. The molecule has 2 heterocycles. The Morgan fingerprint density at radius 2 is 1.95 bits per heavy atom. The molecule has 2 rings (SSSR count). The Morgan fingerprint density at radius 3 is 2.57 bits per heavy atom. The van der Waals surface area contributed by atoms with Gasteiger partial charge in [-0.3, -0.25) is 9.98 Å². The van der Waals surface area contributed by atoms with Gasteiger partial charge in [0.2, 0.25) is 0 Å². The van der Waals surface area contributed by atoms with Crippen molar-refractivity contribution in [1.29, 1.82) is 0 Å². The summed E-state index contributed by atoms with van der Waals surface area (Å²) in [5, 5.41) is 8.72. The van der Waals surface area contributed by atoms with Gasteiger partial charge in [-0.2, -0.15) is 0 Å². The maximum Gasteiger partial charge on any atom is 0.191 e. The van der Waals surface area contributed by atoms with E-state index in [4.69, 9.17) is 0 Å². The molecule has 2 N–H and O–H groups in total. The van der Waals surface area contributed by atoms with Crippen molar-refractivity contribution in [3.8, 4) is 0 Å². The molecule has 6 heteroatoms. The van der Waals surface area contributed by atoms with Gasteiger partial charge in [0.1, 0.15) is 0 Å². The molecule has 0 aliphatic carbocycles. The number of nitrogens with zero attached hydrogens (tertiary/aromatic N) is 2. The van der Waals surface area contributed by atoms with Crippen LogP contribution >= 0.6 is 35.3 Å². The summed E-state index contributed by atoms with van der Waals surface area (Å²) in [6.07, 6.45) is 1.81. The second-order valence-corrected chi connectivity index (χ2v) is 5.57. The summed E-state index contributed by atoms with van der Waals surface area (Å²) in [5.74, 6) is 0.794. The molecular weight excluding hydrogens is 395 g/mol. The van der Waals surface area contributed by atoms with E-state index in [2.05, 4.69) is 52.0 Å². The number of pyridine rings is 1. The second-order valence-electron chi connectivity index (χ2n) is 4.57. The van der Waals surface area contributed by atoms with Gasteiger partial charge in [0.05, 0.1) is 18.8 Å². The minimum atomic E-state index is 0. The van der Waals surface area contributed by atoms with E-state index in [1.165, 1.54) is 16.0 Å². The van der Waals surface area contributed by atoms with Crippen molar-refractivity contribution in [1.82, 2.24) is 15.6 Å². The van der Waals surface area contributed by atoms with E-state index in [9.17, 15) is 0 Å². The molecule has 0 radical (unpaired) electrons. The van der Waals surface area contributed by atoms with E-state index in [0.717, 1.165) is 18.2 Å². The van der Waals surface area contributed by atoms with E-state index in [1.54, 1.807) is 18.4 Å². The topological polar surface area (TPSA) is 49.3 Å². The Labute approximate surface area is 147 Å². The number of halogens is 1. The van der Waals surface area contributed by atoms with Crippen LogP contribution in [0.5, 0.6) is 0 Å². The third-order valence-corrected chi connectivity index (χ3v) is 4.17. The number of thiophene rings is 1. The van der Waals surface area contributed by atoms with Crippen LogP contribution in [0, 0.1) is 13.8 Å². The van der Waals surface area contributed by atoms with E-state index >= 15 is 0 Å². The first kappa shape index (κ1) is 17.9. The third kappa shape index (κ3) is 5.28. The van der Waals surface area contributed by atoms with Gasteiger partial charge in [0.15, 0.2) is 5.96 Å². The lowest BCUT2D eigenvalue weighted by Crippen LogP contribution is -2.36. The van der Waals surface area contributed by atoms with Gasteiger partial charge >= 0.3 is 0 Å². The minimum absolute atomic E-state index is 0. The summed E-state index contributed by atoms with van der Waals surface area (Å²) in [5.41, 5.74) is 3.55. The predicted octanol–water partition coefficient (Wildman–Crippen LogP) is 3.24. The Bertz CT molecular complexity index is 595. The van der Waals surface area contributed by atoms with E-state index in [0.29, 0.717) is 6.54 Å². The lowest BCUT2D eigenvalue weighted by atomic mass is 10.2. The molecule has 0 spiro atoms. The number of aromatic nitrogens is 1. The molecule has 0 aromatic carbocycles. The second kappa shape index (κ2) is 8.99. The summed E-state index contributed by atoms with van der Waals surface area (Å²) < 4.78 is 0. The fraction of sp³-hybridized carbons (Fsp3) is 0.333. The Kier molecular flexibility index (Phi) is 7.66. The van der Waals surface area contributed by atoms with Crippen LogP contribution in [0.15, 0.2) is 34.8 Å². The van der Waals surface area contributed by atoms with Crippen molar-refractivity contribution in [2.75, 3.05) is 7.05 Å². The molecule has 0 saturated heterocycles. The lowest BCUT2D eigenvalue weighted by molar-refractivity contribution is 0.793. The van der Waals surface area contributed by atoms with Crippen LogP contribution in [-0.4, -0.2) is 18.0 Å². The zero-order chi connectivity index (χ0) is 14.4. The molecule has 4 nitrogen and oxygen atoms in total. The van der Waals surface area contributed by atoms with Gasteiger partial charge in [-0.05, 0) is 42.5 Å². The standard InChI is InChI=1S/C15H20N4S.HI/c1-11-5-4-7-17-13(11)9-18-15(16-3)19-10-14-12(2)6-8-20-14;/h4-8H,9-10H2,1-3H3,(H2,16,18,19);1H. The van der Waals surface area contributed by atoms with Gasteiger partial charge in [-0.25, -0.2) is 0 Å². The van der Waals surface area contributed by atoms with Crippen molar-refractivity contribution in [3.63, 3.8) is 0 Å². The Balaban J connectivity index is 0.00000220. The number of hydrogen-bond acceptors (Lipinski definition) is 3. The maximum absolute atomic E-state index is 4.37. The van der Waals surface area contributed by atoms with Gasteiger partial charge < -0.3 is 10.6 Å². The highest BCUT2D eigenvalue weighted by molar-refractivity contribution is 14.0. The molecule has 0 unspecified atom stereocenters. The fourth-order valence-electron chi connectivity index (χ4n) is 1.84. The zero-order valence-electron chi connectivity index (χ0n) is 12.5. The third-order valence-electron chi connectivity index (χ3n) is 3.15. The predicted molar refractivity (Wildman–Crippen MR) is 100 cm³/mol. The van der Waals surface area contributed by atoms with Crippen LogP contribution in [-0.2, 0) is 13.1 Å². The largest absolute Gasteiger partial charge is 0.352 e. The molecule has 21 heavy (non-hydrogen) atoms. The number of hydrogen-bond donors (Lipinski definition) is 2. The summed E-state index contributed by atoms with van der Waals surface area (Å²) in [6.45, 7) is 5.66. The van der Waals surface area contributed by atoms with Crippen LogP contribution < -0.4 is 10.6 Å². The van der Waals surface area contributed by atoms with Gasteiger partial charge in [0.25, 0.3) is 0 Å². The molecule has 0 amide bonds. The van der Waals surface area contributed by atoms with Gasteiger partial charge in [-0.15, -0.1) is 35.3 Å².